The Morgan fingerprint density at radius 1 is 1.31 bits per heavy atom. The van der Waals surface area contributed by atoms with Gasteiger partial charge in [-0.1, -0.05) is 30.2 Å². The lowest BCUT2D eigenvalue weighted by Gasteiger charge is -2.28. The van der Waals surface area contributed by atoms with Gasteiger partial charge in [-0.3, -0.25) is 4.79 Å². The fraction of sp³-hybridized carbons (Fsp3) is 0.556. The van der Waals surface area contributed by atoms with Crippen LogP contribution < -0.4 is 11.0 Å². The molecule has 7 nitrogen and oxygen atoms in total. The molecule has 2 saturated carbocycles. The van der Waals surface area contributed by atoms with Gasteiger partial charge in [0, 0.05) is 6.04 Å². The van der Waals surface area contributed by atoms with Crippen LogP contribution in [-0.4, -0.2) is 31.7 Å². The first-order chi connectivity index (χ1) is 12.5. The van der Waals surface area contributed by atoms with Gasteiger partial charge in [0.2, 0.25) is 5.91 Å². The Balaban J connectivity index is 1.42. The highest BCUT2D eigenvalue weighted by Gasteiger charge is 2.42. The minimum absolute atomic E-state index is 0.118. The normalized spacial score (nSPS) is 25.4. The Morgan fingerprint density at radius 2 is 2.12 bits per heavy atom. The SMILES string of the molecule is CC(NC(=O)Cn1nnn(-c2ccccc2Cl)c1=O)C1CC2CCC1C2. The molecule has 2 aliphatic carbocycles. The zero-order valence-electron chi connectivity index (χ0n) is 14.6. The predicted molar refractivity (Wildman–Crippen MR) is 97.2 cm³/mol. The number of benzene rings is 1. The largest absolute Gasteiger partial charge is 0.369 e. The number of hydrogen-bond acceptors (Lipinski definition) is 4. The number of halogens is 1. The summed E-state index contributed by atoms with van der Waals surface area (Å²) in [5, 5.41) is 11.1. The van der Waals surface area contributed by atoms with E-state index in [2.05, 4.69) is 22.7 Å². The number of tetrazole rings is 1. The number of amides is 1. The fourth-order valence-electron chi connectivity index (χ4n) is 4.60. The number of rotatable bonds is 5. The van der Waals surface area contributed by atoms with E-state index in [1.165, 1.54) is 25.7 Å². The van der Waals surface area contributed by atoms with E-state index in [9.17, 15) is 9.59 Å². The van der Waals surface area contributed by atoms with Crippen molar-refractivity contribution in [2.45, 2.75) is 45.2 Å². The van der Waals surface area contributed by atoms with Crippen LogP contribution in [0.15, 0.2) is 29.1 Å². The first-order valence-corrected chi connectivity index (χ1v) is 9.48. The Labute approximate surface area is 156 Å². The highest BCUT2D eigenvalue weighted by molar-refractivity contribution is 6.32. The number of carbonyl (C=O) groups is 1. The maximum Gasteiger partial charge on any atom is 0.369 e. The lowest BCUT2D eigenvalue weighted by atomic mass is 9.84. The van der Waals surface area contributed by atoms with E-state index < -0.39 is 5.69 Å². The summed E-state index contributed by atoms with van der Waals surface area (Å²) in [6, 6.07) is 7.00. The van der Waals surface area contributed by atoms with E-state index in [1.54, 1.807) is 24.3 Å². The first kappa shape index (κ1) is 17.3. The summed E-state index contributed by atoms with van der Waals surface area (Å²) in [6.07, 6.45) is 5.12. The second kappa shape index (κ2) is 6.87. The van der Waals surface area contributed by atoms with Crippen molar-refractivity contribution in [3.63, 3.8) is 0 Å². The number of fused-ring (bicyclic) bond motifs is 2. The number of carbonyl (C=O) groups excluding carboxylic acids is 1. The highest BCUT2D eigenvalue weighted by atomic mass is 35.5. The van der Waals surface area contributed by atoms with Gasteiger partial charge in [-0.25, -0.2) is 4.79 Å². The van der Waals surface area contributed by atoms with Crippen LogP contribution in [0.5, 0.6) is 0 Å². The second-order valence-electron chi connectivity index (χ2n) is 7.48. The van der Waals surface area contributed by atoms with Crippen LogP contribution in [0.3, 0.4) is 0 Å². The third-order valence-corrected chi connectivity index (χ3v) is 6.16. The van der Waals surface area contributed by atoms with E-state index in [0.29, 0.717) is 16.6 Å². The Bertz CT molecular complexity index is 876. The topological polar surface area (TPSA) is 81.8 Å². The van der Waals surface area contributed by atoms with Crippen molar-refractivity contribution in [3.05, 3.63) is 39.8 Å². The molecule has 1 N–H and O–H groups in total. The standard InChI is InChI=1S/C18H22ClN5O2/c1-11(14-9-12-6-7-13(14)8-12)20-17(25)10-23-18(26)24(22-21-23)16-5-3-2-4-15(16)19/h2-5,11-14H,6-10H2,1H3,(H,20,25). The summed E-state index contributed by atoms with van der Waals surface area (Å²) in [6.45, 7) is 1.92. The molecule has 1 aromatic carbocycles. The van der Waals surface area contributed by atoms with Crippen LogP contribution in [0, 0.1) is 17.8 Å². The molecule has 1 heterocycles. The molecule has 0 aliphatic heterocycles. The van der Waals surface area contributed by atoms with Crippen molar-refractivity contribution in [3.8, 4) is 5.69 Å². The predicted octanol–water partition coefficient (Wildman–Crippen LogP) is 2.02. The van der Waals surface area contributed by atoms with Gasteiger partial charge in [-0.15, -0.1) is 0 Å². The van der Waals surface area contributed by atoms with Gasteiger partial charge in [0.1, 0.15) is 6.54 Å². The molecule has 138 valence electrons. The van der Waals surface area contributed by atoms with Crippen LogP contribution in [-0.2, 0) is 11.3 Å². The van der Waals surface area contributed by atoms with Crippen molar-refractivity contribution in [2.75, 3.05) is 0 Å². The van der Waals surface area contributed by atoms with Crippen molar-refractivity contribution in [1.29, 1.82) is 0 Å². The molecule has 1 aromatic heterocycles. The molecule has 4 atom stereocenters. The van der Waals surface area contributed by atoms with Crippen LogP contribution in [0.4, 0.5) is 0 Å². The highest BCUT2D eigenvalue weighted by Crippen LogP contribution is 2.49. The number of para-hydroxylation sites is 1. The summed E-state index contributed by atoms with van der Waals surface area (Å²) in [5.41, 5.74) is -0.0398. The quantitative estimate of drug-likeness (QED) is 0.866. The van der Waals surface area contributed by atoms with Crippen LogP contribution in [0.25, 0.3) is 5.69 Å². The summed E-state index contributed by atoms with van der Waals surface area (Å²) in [5.74, 6) is 1.91. The second-order valence-corrected chi connectivity index (χ2v) is 7.88. The molecule has 8 heteroatoms. The van der Waals surface area contributed by atoms with E-state index >= 15 is 0 Å². The average molecular weight is 376 g/mol. The van der Waals surface area contributed by atoms with Gasteiger partial charge in [0.15, 0.2) is 0 Å². The molecule has 4 rings (SSSR count). The molecule has 4 unspecified atom stereocenters. The molecular formula is C18H22ClN5O2. The molecular weight excluding hydrogens is 354 g/mol. The average Bonchev–Trinajstić information content (AvgIpc) is 3.33. The van der Waals surface area contributed by atoms with Gasteiger partial charge in [-0.2, -0.15) is 9.36 Å². The van der Waals surface area contributed by atoms with Crippen molar-refractivity contribution >= 4 is 17.5 Å². The third-order valence-electron chi connectivity index (χ3n) is 5.84. The fourth-order valence-corrected chi connectivity index (χ4v) is 4.81. The van der Waals surface area contributed by atoms with Crippen molar-refractivity contribution < 1.29 is 4.79 Å². The molecule has 26 heavy (non-hydrogen) atoms. The zero-order valence-corrected chi connectivity index (χ0v) is 15.4. The maximum absolute atomic E-state index is 12.5. The lowest BCUT2D eigenvalue weighted by molar-refractivity contribution is -0.123. The summed E-state index contributed by atoms with van der Waals surface area (Å²) in [7, 11) is 0. The van der Waals surface area contributed by atoms with E-state index in [4.69, 9.17) is 11.6 Å². The number of nitrogens with zero attached hydrogens (tertiary/aromatic N) is 4. The Hall–Kier alpha value is -2.15. The van der Waals surface area contributed by atoms with Gasteiger partial charge < -0.3 is 5.32 Å². The molecule has 0 radical (unpaired) electrons. The van der Waals surface area contributed by atoms with Gasteiger partial charge in [0.25, 0.3) is 0 Å². The first-order valence-electron chi connectivity index (χ1n) is 9.10. The number of hydrogen-bond donors (Lipinski definition) is 1. The Morgan fingerprint density at radius 3 is 2.81 bits per heavy atom. The molecule has 2 aromatic rings. The van der Waals surface area contributed by atoms with Crippen molar-refractivity contribution in [1.82, 2.24) is 25.1 Å². The zero-order chi connectivity index (χ0) is 18.3. The minimum atomic E-state index is -0.485. The Kier molecular flexibility index (Phi) is 4.56. The number of aromatic nitrogens is 4. The summed E-state index contributed by atoms with van der Waals surface area (Å²) >= 11 is 6.10. The minimum Gasteiger partial charge on any atom is -0.352 e. The molecule has 1 amide bonds. The molecule has 2 fully saturated rings. The molecule has 2 bridgehead atoms. The molecule has 0 saturated heterocycles. The smallest absolute Gasteiger partial charge is 0.352 e. The monoisotopic (exact) mass is 375 g/mol. The number of nitrogens with one attached hydrogen (secondary N) is 1. The van der Waals surface area contributed by atoms with Crippen molar-refractivity contribution in [2.24, 2.45) is 17.8 Å². The van der Waals surface area contributed by atoms with Gasteiger partial charge in [-0.05, 0) is 66.5 Å². The summed E-state index contributed by atoms with van der Waals surface area (Å²) in [4.78, 5) is 24.8. The van der Waals surface area contributed by atoms with E-state index in [-0.39, 0.29) is 18.5 Å². The lowest BCUT2D eigenvalue weighted by Crippen LogP contribution is -2.42. The van der Waals surface area contributed by atoms with E-state index in [0.717, 1.165) is 21.2 Å². The van der Waals surface area contributed by atoms with Crippen LogP contribution in [0.1, 0.15) is 32.6 Å². The van der Waals surface area contributed by atoms with Crippen LogP contribution >= 0.6 is 11.6 Å². The molecule has 2 aliphatic rings. The molecule has 0 spiro atoms. The summed E-state index contributed by atoms with van der Waals surface area (Å²) < 4.78 is 2.17. The van der Waals surface area contributed by atoms with E-state index in [1.807, 2.05) is 0 Å². The van der Waals surface area contributed by atoms with Gasteiger partial charge in [0.05, 0.1) is 10.7 Å². The van der Waals surface area contributed by atoms with Crippen LogP contribution in [0.2, 0.25) is 5.02 Å². The third kappa shape index (κ3) is 3.16. The maximum atomic E-state index is 12.5. The van der Waals surface area contributed by atoms with Gasteiger partial charge >= 0.3 is 5.69 Å².